The maximum absolute atomic E-state index is 11.8. The highest BCUT2D eigenvalue weighted by atomic mass is 16.5. The van der Waals surface area contributed by atoms with Gasteiger partial charge in [0, 0.05) is 50.5 Å². The van der Waals surface area contributed by atoms with Crippen molar-refractivity contribution in [2.45, 2.75) is 19.3 Å². The number of aliphatic hydroxyl groups is 1. The number of carbonyl (C=O) groups is 1. The van der Waals surface area contributed by atoms with Crippen LogP contribution >= 0.6 is 0 Å². The summed E-state index contributed by atoms with van der Waals surface area (Å²) in [7, 11) is 0. The molecule has 2 fully saturated rings. The number of hydrogen-bond donors (Lipinski definition) is 2. The fourth-order valence-electron chi connectivity index (χ4n) is 3.26. The van der Waals surface area contributed by atoms with Gasteiger partial charge in [0.15, 0.2) is 0 Å². The van der Waals surface area contributed by atoms with Gasteiger partial charge in [0.1, 0.15) is 5.82 Å². The number of aromatic nitrogens is 2. The number of anilines is 2. The molecule has 2 aliphatic heterocycles. The molecule has 1 aromatic rings. The summed E-state index contributed by atoms with van der Waals surface area (Å²) in [5.41, 5.74) is -0.521. The Labute approximate surface area is 158 Å². The summed E-state index contributed by atoms with van der Waals surface area (Å²) in [5, 5.41) is 19.2. The van der Waals surface area contributed by atoms with Gasteiger partial charge in [0.05, 0.1) is 31.8 Å². The van der Waals surface area contributed by atoms with Crippen molar-refractivity contribution in [3.05, 3.63) is 11.8 Å². The molecule has 0 bridgehead atoms. The molecule has 9 heteroatoms. The normalized spacial score (nSPS) is 21.8. The van der Waals surface area contributed by atoms with E-state index in [1.165, 1.54) is 0 Å². The van der Waals surface area contributed by atoms with Crippen molar-refractivity contribution in [1.29, 1.82) is 0 Å². The van der Waals surface area contributed by atoms with Gasteiger partial charge in [-0.3, -0.25) is 4.79 Å². The standard InChI is InChI=1S/C18H28N4O5/c1-18(2,16(24)25)14-9-19-17(20-15(14)21-3-6-26-7-4-21)22-5-8-27-12-13(10-22)11-23/h9,13,23H,3-8,10-12H2,1-2H3,(H,24,25). The number of aliphatic carboxylic acids is 1. The zero-order chi connectivity index (χ0) is 19.4. The van der Waals surface area contributed by atoms with Gasteiger partial charge in [-0.15, -0.1) is 0 Å². The van der Waals surface area contributed by atoms with E-state index in [1.54, 1.807) is 20.0 Å². The van der Waals surface area contributed by atoms with E-state index in [0.717, 1.165) is 0 Å². The molecule has 9 nitrogen and oxygen atoms in total. The van der Waals surface area contributed by atoms with Crippen molar-refractivity contribution in [3.8, 4) is 0 Å². The third kappa shape index (κ3) is 4.31. The van der Waals surface area contributed by atoms with E-state index in [2.05, 4.69) is 9.88 Å². The third-order valence-corrected chi connectivity index (χ3v) is 5.15. The van der Waals surface area contributed by atoms with Crippen LogP contribution in [0.25, 0.3) is 0 Å². The Bertz CT molecular complexity index is 663. The molecule has 1 aromatic heterocycles. The van der Waals surface area contributed by atoms with Crippen molar-refractivity contribution in [2.75, 3.05) is 69.0 Å². The van der Waals surface area contributed by atoms with Gasteiger partial charge in [0.2, 0.25) is 5.95 Å². The lowest BCUT2D eigenvalue weighted by atomic mass is 9.85. The summed E-state index contributed by atoms with van der Waals surface area (Å²) >= 11 is 0. The van der Waals surface area contributed by atoms with E-state index < -0.39 is 11.4 Å². The van der Waals surface area contributed by atoms with Crippen molar-refractivity contribution >= 4 is 17.7 Å². The molecule has 3 rings (SSSR count). The monoisotopic (exact) mass is 380 g/mol. The minimum absolute atomic E-state index is 0.00178. The summed E-state index contributed by atoms with van der Waals surface area (Å²) in [4.78, 5) is 25.1. The SMILES string of the molecule is CC(C)(C(=O)O)c1cnc(N2CCOCC(CO)C2)nc1N1CCOCC1. The van der Waals surface area contributed by atoms with E-state index in [0.29, 0.717) is 69.9 Å². The first-order valence-electron chi connectivity index (χ1n) is 9.30. The largest absolute Gasteiger partial charge is 0.481 e. The number of morpholine rings is 1. The first-order valence-corrected chi connectivity index (χ1v) is 9.30. The van der Waals surface area contributed by atoms with Crippen LogP contribution in [-0.4, -0.2) is 85.4 Å². The first-order chi connectivity index (χ1) is 12.9. The molecule has 0 aliphatic carbocycles. The average Bonchev–Trinajstić information content (AvgIpc) is 2.94. The minimum Gasteiger partial charge on any atom is -0.481 e. The predicted octanol–water partition coefficient (Wildman–Crippen LogP) is 0.121. The van der Waals surface area contributed by atoms with E-state index >= 15 is 0 Å². The van der Waals surface area contributed by atoms with Crippen LogP contribution in [0.1, 0.15) is 19.4 Å². The highest BCUT2D eigenvalue weighted by Crippen LogP contribution is 2.32. The zero-order valence-electron chi connectivity index (χ0n) is 15.9. The van der Waals surface area contributed by atoms with Crippen LogP contribution in [-0.2, 0) is 19.7 Å². The lowest BCUT2D eigenvalue weighted by molar-refractivity contribution is -0.142. The molecule has 3 heterocycles. The number of carboxylic acid groups (broad SMARTS) is 1. The number of nitrogens with zero attached hydrogens (tertiary/aromatic N) is 4. The maximum Gasteiger partial charge on any atom is 0.313 e. The van der Waals surface area contributed by atoms with Crippen LogP contribution in [0.15, 0.2) is 6.20 Å². The second-order valence-corrected chi connectivity index (χ2v) is 7.51. The summed E-state index contributed by atoms with van der Waals surface area (Å²) in [6.45, 7) is 8.11. The van der Waals surface area contributed by atoms with E-state index in [4.69, 9.17) is 14.5 Å². The molecule has 2 N–H and O–H groups in total. The van der Waals surface area contributed by atoms with Crippen LogP contribution in [0.4, 0.5) is 11.8 Å². The summed E-state index contributed by atoms with van der Waals surface area (Å²) in [6.07, 6.45) is 1.63. The third-order valence-electron chi connectivity index (χ3n) is 5.15. The van der Waals surface area contributed by atoms with E-state index in [9.17, 15) is 15.0 Å². The van der Waals surface area contributed by atoms with Crippen LogP contribution in [0.3, 0.4) is 0 Å². The fourth-order valence-corrected chi connectivity index (χ4v) is 3.26. The highest BCUT2D eigenvalue weighted by Gasteiger charge is 2.35. The second kappa shape index (κ2) is 8.37. The topological polar surface area (TPSA) is 108 Å². The molecule has 0 saturated carbocycles. The molecule has 27 heavy (non-hydrogen) atoms. The zero-order valence-corrected chi connectivity index (χ0v) is 15.9. The van der Waals surface area contributed by atoms with Crippen molar-refractivity contribution in [2.24, 2.45) is 5.92 Å². The molecule has 0 amide bonds. The Morgan fingerprint density at radius 3 is 2.56 bits per heavy atom. The molecule has 2 aliphatic rings. The quantitative estimate of drug-likeness (QED) is 0.736. The second-order valence-electron chi connectivity index (χ2n) is 7.51. The number of aliphatic hydroxyl groups excluding tert-OH is 1. The average molecular weight is 380 g/mol. The lowest BCUT2D eigenvalue weighted by Gasteiger charge is -2.33. The van der Waals surface area contributed by atoms with Gasteiger partial charge in [-0.25, -0.2) is 4.98 Å². The molecule has 1 atom stereocenters. The van der Waals surface area contributed by atoms with Crippen LogP contribution < -0.4 is 9.80 Å². The lowest BCUT2D eigenvalue weighted by Crippen LogP contribution is -2.41. The van der Waals surface area contributed by atoms with Crippen molar-refractivity contribution in [1.82, 2.24) is 9.97 Å². The summed E-state index contributed by atoms with van der Waals surface area (Å²) < 4.78 is 11.0. The first kappa shape index (κ1) is 19.8. The number of hydrogen-bond acceptors (Lipinski definition) is 8. The molecule has 0 spiro atoms. The Morgan fingerprint density at radius 2 is 1.89 bits per heavy atom. The smallest absolute Gasteiger partial charge is 0.313 e. The number of carboxylic acids is 1. The Kier molecular flexibility index (Phi) is 6.13. The van der Waals surface area contributed by atoms with Gasteiger partial charge in [-0.1, -0.05) is 0 Å². The fraction of sp³-hybridized carbons (Fsp3) is 0.722. The van der Waals surface area contributed by atoms with Gasteiger partial charge in [-0.05, 0) is 13.8 Å². The van der Waals surface area contributed by atoms with Crippen LogP contribution in [0.5, 0.6) is 0 Å². The molecule has 2 saturated heterocycles. The Morgan fingerprint density at radius 1 is 1.22 bits per heavy atom. The molecular weight excluding hydrogens is 352 g/mol. The predicted molar refractivity (Wildman–Crippen MR) is 99.3 cm³/mol. The Hall–Kier alpha value is -1.97. The van der Waals surface area contributed by atoms with Crippen LogP contribution in [0.2, 0.25) is 0 Å². The van der Waals surface area contributed by atoms with Crippen molar-refractivity contribution in [3.63, 3.8) is 0 Å². The van der Waals surface area contributed by atoms with Crippen LogP contribution in [0, 0.1) is 5.92 Å². The number of rotatable bonds is 5. The Balaban J connectivity index is 1.98. The van der Waals surface area contributed by atoms with E-state index in [-0.39, 0.29) is 12.5 Å². The molecule has 0 aromatic carbocycles. The van der Waals surface area contributed by atoms with Gasteiger partial charge >= 0.3 is 5.97 Å². The minimum atomic E-state index is -1.11. The van der Waals surface area contributed by atoms with E-state index in [1.807, 2.05) is 4.90 Å². The van der Waals surface area contributed by atoms with Crippen molar-refractivity contribution < 1.29 is 24.5 Å². The van der Waals surface area contributed by atoms with Gasteiger partial charge in [0.25, 0.3) is 0 Å². The molecular formula is C18H28N4O5. The summed E-state index contributed by atoms with van der Waals surface area (Å²) in [6, 6.07) is 0. The molecule has 0 radical (unpaired) electrons. The van der Waals surface area contributed by atoms with Gasteiger partial charge in [-0.2, -0.15) is 4.98 Å². The summed E-state index contributed by atoms with van der Waals surface area (Å²) in [5.74, 6) is 0.252. The molecule has 1 unspecified atom stereocenters. The van der Waals surface area contributed by atoms with Gasteiger partial charge < -0.3 is 29.5 Å². The highest BCUT2D eigenvalue weighted by molar-refractivity contribution is 5.82. The maximum atomic E-state index is 11.8. The molecule has 150 valence electrons. The number of ether oxygens (including phenoxy) is 2.